The maximum Gasteiger partial charge on any atom is 0.226 e. The number of nitrogens with zero attached hydrogens (tertiary/aromatic N) is 3. The molecule has 0 saturated heterocycles. The van der Waals surface area contributed by atoms with Gasteiger partial charge in [-0.25, -0.2) is 4.68 Å². The lowest BCUT2D eigenvalue weighted by Gasteiger charge is -2.09. The molecule has 0 aliphatic carbocycles. The summed E-state index contributed by atoms with van der Waals surface area (Å²) < 4.78 is 6.94. The van der Waals surface area contributed by atoms with Crippen LogP contribution in [0.3, 0.4) is 0 Å². The number of methoxy groups -OCH3 is 1. The number of aromatic nitrogens is 3. The van der Waals surface area contributed by atoms with Crippen LogP contribution >= 0.6 is 0 Å². The number of benzene rings is 3. The molecule has 0 atom stereocenters. The van der Waals surface area contributed by atoms with Gasteiger partial charge in [0, 0.05) is 12.1 Å². The van der Waals surface area contributed by atoms with Crippen LogP contribution < -0.4 is 10.1 Å². The summed E-state index contributed by atoms with van der Waals surface area (Å²) in [5.74, 6) is 0.679. The van der Waals surface area contributed by atoms with E-state index in [1.807, 2.05) is 84.9 Å². The molecule has 4 rings (SSSR count). The van der Waals surface area contributed by atoms with Crippen LogP contribution in [0.5, 0.6) is 5.75 Å². The Bertz CT molecular complexity index is 1110. The minimum absolute atomic E-state index is 0.108. The average molecular weight is 398 g/mol. The first-order valence-electron chi connectivity index (χ1n) is 9.69. The Labute approximate surface area is 175 Å². The number of ether oxygens (including phenoxy) is 1. The van der Waals surface area contributed by atoms with Crippen LogP contribution in [0.25, 0.3) is 16.9 Å². The molecular formula is C24H22N4O2. The van der Waals surface area contributed by atoms with Crippen molar-refractivity contribution in [2.75, 3.05) is 7.11 Å². The van der Waals surface area contributed by atoms with E-state index in [0.29, 0.717) is 12.2 Å². The quantitative estimate of drug-likeness (QED) is 0.514. The zero-order chi connectivity index (χ0) is 20.8. The zero-order valence-corrected chi connectivity index (χ0v) is 16.7. The fourth-order valence-electron chi connectivity index (χ4n) is 3.23. The Balaban J connectivity index is 1.54. The molecule has 1 heterocycles. The van der Waals surface area contributed by atoms with Gasteiger partial charge in [0.1, 0.15) is 11.4 Å². The number of hydrogen-bond donors (Lipinski definition) is 1. The minimum atomic E-state index is -0.108. The van der Waals surface area contributed by atoms with E-state index >= 15 is 0 Å². The van der Waals surface area contributed by atoms with Gasteiger partial charge in [0.15, 0.2) is 0 Å². The lowest BCUT2D eigenvalue weighted by Crippen LogP contribution is -2.25. The number of carbonyl (C=O) groups excluding carboxylic acids is 1. The molecule has 4 aromatic rings. The normalized spacial score (nSPS) is 10.6. The van der Waals surface area contributed by atoms with Crippen LogP contribution in [-0.4, -0.2) is 28.0 Å². The standard InChI is InChI=1S/C24H22N4O2/c1-30-21-14-12-18(13-15-21)17-25-23(29)16-22-24(19-8-4-2-5-9-19)28(27-26-22)20-10-6-3-7-11-20/h2-15H,16-17H2,1H3,(H,25,29). The number of rotatable bonds is 7. The van der Waals surface area contributed by atoms with Crippen LogP contribution in [0.2, 0.25) is 0 Å². The third-order valence-electron chi connectivity index (χ3n) is 4.76. The van der Waals surface area contributed by atoms with Gasteiger partial charge in [-0.3, -0.25) is 4.79 Å². The summed E-state index contributed by atoms with van der Waals surface area (Å²) in [6.07, 6.45) is 0.146. The van der Waals surface area contributed by atoms with Gasteiger partial charge in [0.2, 0.25) is 5.91 Å². The van der Waals surface area contributed by atoms with E-state index in [4.69, 9.17) is 4.74 Å². The maximum atomic E-state index is 12.6. The Hall–Kier alpha value is -3.93. The highest BCUT2D eigenvalue weighted by Crippen LogP contribution is 2.25. The smallest absolute Gasteiger partial charge is 0.226 e. The first kappa shape index (κ1) is 19.4. The summed E-state index contributed by atoms with van der Waals surface area (Å²) in [6.45, 7) is 0.441. The highest BCUT2D eigenvalue weighted by molar-refractivity contribution is 5.80. The van der Waals surface area contributed by atoms with E-state index in [0.717, 1.165) is 28.3 Å². The first-order chi connectivity index (χ1) is 14.7. The molecule has 0 spiro atoms. The van der Waals surface area contributed by atoms with E-state index < -0.39 is 0 Å². The Kier molecular flexibility index (Phi) is 5.85. The number of carbonyl (C=O) groups is 1. The van der Waals surface area contributed by atoms with E-state index in [9.17, 15) is 4.79 Å². The monoisotopic (exact) mass is 398 g/mol. The van der Waals surface area contributed by atoms with Crippen LogP contribution in [0, 0.1) is 0 Å². The van der Waals surface area contributed by atoms with Crippen molar-refractivity contribution in [3.8, 4) is 22.7 Å². The van der Waals surface area contributed by atoms with Crippen molar-refractivity contribution in [1.29, 1.82) is 0 Å². The number of para-hydroxylation sites is 1. The van der Waals surface area contributed by atoms with E-state index in [1.165, 1.54) is 0 Å². The molecule has 150 valence electrons. The molecule has 30 heavy (non-hydrogen) atoms. The SMILES string of the molecule is COc1ccc(CNC(=O)Cc2nnn(-c3ccccc3)c2-c2ccccc2)cc1. The summed E-state index contributed by atoms with van der Waals surface area (Å²) in [7, 11) is 1.63. The third-order valence-corrected chi connectivity index (χ3v) is 4.76. The number of amides is 1. The molecule has 3 aromatic carbocycles. The largest absolute Gasteiger partial charge is 0.497 e. The second kappa shape index (κ2) is 9.05. The molecule has 0 fully saturated rings. The van der Waals surface area contributed by atoms with Gasteiger partial charge >= 0.3 is 0 Å². The van der Waals surface area contributed by atoms with Crippen LogP contribution in [0.1, 0.15) is 11.3 Å². The predicted molar refractivity (Wildman–Crippen MR) is 115 cm³/mol. The molecule has 0 saturated carbocycles. The highest BCUT2D eigenvalue weighted by atomic mass is 16.5. The van der Waals surface area contributed by atoms with E-state index in [-0.39, 0.29) is 12.3 Å². The van der Waals surface area contributed by atoms with Crippen molar-refractivity contribution in [1.82, 2.24) is 20.3 Å². The predicted octanol–water partition coefficient (Wildman–Crippen LogP) is 3.80. The van der Waals surface area contributed by atoms with Crippen molar-refractivity contribution in [2.24, 2.45) is 0 Å². The Morgan fingerprint density at radius 2 is 1.60 bits per heavy atom. The van der Waals surface area contributed by atoms with Gasteiger partial charge in [-0.1, -0.05) is 65.9 Å². The molecule has 0 bridgehead atoms. The van der Waals surface area contributed by atoms with Gasteiger partial charge in [-0.2, -0.15) is 0 Å². The van der Waals surface area contributed by atoms with Gasteiger partial charge in [0.25, 0.3) is 0 Å². The van der Waals surface area contributed by atoms with Crippen molar-refractivity contribution in [3.05, 3.63) is 96.2 Å². The fraction of sp³-hybridized carbons (Fsp3) is 0.125. The van der Waals surface area contributed by atoms with E-state index in [1.54, 1.807) is 11.8 Å². The molecule has 0 aliphatic heterocycles. The highest BCUT2D eigenvalue weighted by Gasteiger charge is 2.18. The van der Waals surface area contributed by atoms with Gasteiger partial charge in [-0.05, 0) is 29.8 Å². The van der Waals surface area contributed by atoms with Gasteiger partial charge in [-0.15, -0.1) is 5.10 Å². The number of nitrogens with one attached hydrogen (secondary N) is 1. The van der Waals surface area contributed by atoms with Gasteiger partial charge < -0.3 is 10.1 Å². The molecule has 0 aliphatic rings. The summed E-state index contributed by atoms with van der Waals surface area (Å²) >= 11 is 0. The topological polar surface area (TPSA) is 69.0 Å². The van der Waals surface area contributed by atoms with Crippen molar-refractivity contribution in [2.45, 2.75) is 13.0 Å². The van der Waals surface area contributed by atoms with E-state index in [2.05, 4.69) is 15.6 Å². The van der Waals surface area contributed by atoms with Crippen LogP contribution in [0.4, 0.5) is 0 Å². The summed E-state index contributed by atoms with van der Waals surface area (Å²) in [5, 5.41) is 11.6. The summed E-state index contributed by atoms with van der Waals surface area (Å²) in [5.41, 5.74) is 4.32. The van der Waals surface area contributed by atoms with Crippen molar-refractivity contribution < 1.29 is 9.53 Å². The maximum absolute atomic E-state index is 12.6. The third kappa shape index (κ3) is 4.38. The second-order valence-corrected chi connectivity index (χ2v) is 6.80. The van der Waals surface area contributed by atoms with Crippen LogP contribution in [-0.2, 0) is 17.8 Å². The zero-order valence-electron chi connectivity index (χ0n) is 16.7. The molecular weight excluding hydrogens is 376 g/mol. The van der Waals surface area contributed by atoms with Crippen molar-refractivity contribution >= 4 is 5.91 Å². The molecule has 6 nitrogen and oxygen atoms in total. The fourth-order valence-corrected chi connectivity index (χ4v) is 3.23. The summed E-state index contributed by atoms with van der Waals surface area (Å²) in [4.78, 5) is 12.6. The van der Waals surface area contributed by atoms with Gasteiger partial charge in [0.05, 0.1) is 24.9 Å². The Morgan fingerprint density at radius 1 is 0.933 bits per heavy atom. The molecule has 0 radical (unpaired) electrons. The van der Waals surface area contributed by atoms with Crippen molar-refractivity contribution in [3.63, 3.8) is 0 Å². The van der Waals surface area contributed by atoms with Crippen LogP contribution in [0.15, 0.2) is 84.9 Å². The molecule has 6 heteroatoms. The lowest BCUT2D eigenvalue weighted by molar-refractivity contribution is -0.120. The lowest BCUT2D eigenvalue weighted by atomic mass is 10.1. The summed E-state index contributed by atoms with van der Waals surface area (Å²) in [6, 6.07) is 27.3. The molecule has 1 aromatic heterocycles. The molecule has 1 amide bonds. The first-order valence-corrected chi connectivity index (χ1v) is 9.69. The molecule has 0 unspecified atom stereocenters. The Morgan fingerprint density at radius 3 is 2.27 bits per heavy atom. The second-order valence-electron chi connectivity index (χ2n) is 6.80. The minimum Gasteiger partial charge on any atom is -0.497 e. The average Bonchev–Trinajstić information content (AvgIpc) is 3.22. The number of hydrogen-bond acceptors (Lipinski definition) is 4. The molecule has 1 N–H and O–H groups in total.